The summed E-state index contributed by atoms with van der Waals surface area (Å²) in [6, 6.07) is 0. The van der Waals surface area contributed by atoms with Crippen molar-refractivity contribution in [1.82, 2.24) is 0 Å². The number of carbonyl (C=O) groups is 4. The quantitative estimate of drug-likeness (QED) is 0.00889. The van der Waals surface area contributed by atoms with Crippen molar-refractivity contribution in [2.75, 3.05) is 26.4 Å². The van der Waals surface area contributed by atoms with E-state index in [0.29, 0.717) is 38.5 Å². The number of phosphoric acid groups is 1. The lowest BCUT2D eigenvalue weighted by Crippen LogP contribution is -2.70. The summed E-state index contributed by atoms with van der Waals surface area (Å²) in [5, 5.41) is 102. The molecule has 2 heterocycles. The molecule has 1 saturated carbocycles. The molecule has 0 bridgehead atoms. The first kappa shape index (κ1) is 110. The molecule has 10 N–H and O–H groups in total. The number of aliphatic hydroxyl groups excluding tert-OH is 9. The molecule has 1 aliphatic carbocycles. The van der Waals surface area contributed by atoms with Crippen molar-refractivity contribution in [1.29, 1.82) is 0 Å². The van der Waals surface area contributed by atoms with Gasteiger partial charge in [0.1, 0.15) is 92.6 Å². The summed E-state index contributed by atoms with van der Waals surface area (Å²) < 4.78 is 73.5. The van der Waals surface area contributed by atoms with Gasteiger partial charge in [0.15, 0.2) is 24.8 Å². The van der Waals surface area contributed by atoms with Gasteiger partial charge in [-0.05, 0) is 51.4 Å². The molecule has 0 radical (unpaired) electrons. The summed E-state index contributed by atoms with van der Waals surface area (Å²) >= 11 is 0. The molecule has 700 valence electrons. The number of hydrogen-bond acceptors (Lipinski definition) is 24. The van der Waals surface area contributed by atoms with Gasteiger partial charge >= 0.3 is 31.7 Å². The molecule has 2 aliphatic heterocycles. The Kier molecular flexibility index (Phi) is 67.0. The first-order chi connectivity index (χ1) is 57.7. The van der Waals surface area contributed by atoms with Crippen LogP contribution in [0.15, 0.2) is 12.2 Å². The van der Waals surface area contributed by atoms with Crippen molar-refractivity contribution < 1.29 is 122 Å². The van der Waals surface area contributed by atoms with Crippen LogP contribution in [0.25, 0.3) is 0 Å². The van der Waals surface area contributed by atoms with Crippen LogP contribution in [0.5, 0.6) is 0 Å². The fraction of sp³-hybridized carbons (Fsp3) is 0.935. The van der Waals surface area contributed by atoms with Gasteiger partial charge in [-0.2, -0.15) is 0 Å². The fourth-order valence-corrected chi connectivity index (χ4v) is 17.0. The van der Waals surface area contributed by atoms with Crippen molar-refractivity contribution in [2.24, 2.45) is 0 Å². The molecule has 0 amide bonds. The van der Waals surface area contributed by atoms with Gasteiger partial charge in [-0.3, -0.25) is 28.2 Å². The van der Waals surface area contributed by atoms with E-state index in [1.807, 2.05) is 0 Å². The fourth-order valence-electron chi connectivity index (χ4n) is 16.1. The number of carbonyl (C=O) groups excluding carboxylic acids is 4. The van der Waals surface area contributed by atoms with Crippen molar-refractivity contribution in [2.45, 2.75) is 530 Å². The molecule has 0 aromatic heterocycles. The predicted molar refractivity (Wildman–Crippen MR) is 463 cm³/mol. The smallest absolute Gasteiger partial charge is 0.463 e. The minimum Gasteiger partial charge on any atom is -0.463 e. The summed E-state index contributed by atoms with van der Waals surface area (Å²) in [6.45, 7) is 5.63. The van der Waals surface area contributed by atoms with Gasteiger partial charge in [-0.1, -0.05) is 361 Å². The molecule has 0 spiro atoms. The largest absolute Gasteiger partial charge is 0.472 e. The van der Waals surface area contributed by atoms with Crippen LogP contribution in [0.1, 0.15) is 426 Å². The number of allylic oxidation sites excluding steroid dienone is 2. The molecule has 2 saturated heterocycles. The van der Waals surface area contributed by atoms with Crippen LogP contribution >= 0.6 is 7.82 Å². The third-order valence-electron chi connectivity index (χ3n) is 23.8. The molecular formula is C93H173O25P. The lowest BCUT2D eigenvalue weighted by Gasteiger charge is -2.50. The topological polar surface area (TPSA) is 380 Å². The summed E-state index contributed by atoms with van der Waals surface area (Å²) in [6.07, 6.45) is 31.8. The van der Waals surface area contributed by atoms with Crippen molar-refractivity contribution in [3.63, 3.8) is 0 Å². The van der Waals surface area contributed by atoms with Gasteiger partial charge < -0.3 is 88.7 Å². The monoisotopic (exact) mass is 1720 g/mol. The van der Waals surface area contributed by atoms with Crippen LogP contribution in [0.2, 0.25) is 0 Å². The minimum atomic E-state index is -5.81. The lowest BCUT2D eigenvalue weighted by atomic mass is 9.84. The number of aliphatic hydroxyl groups is 9. The first-order valence-electron chi connectivity index (χ1n) is 48.4. The van der Waals surface area contributed by atoms with Crippen LogP contribution in [0.3, 0.4) is 0 Å². The number of esters is 4. The highest BCUT2D eigenvalue weighted by molar-refractivity contribution is 7.47. The summed E-state index contributed by atoms with van der Waals surface area (Å²) in [7, 11) is -5.81. The van der Waals surface area contributed by atoms with Gasteiger partial charge in [0.05, 0.1) is 13.2 Å². The van der Waals surface area contributed by atoms with E-state index in [0.717, 1.165) is 141 Å². The SMILES string of the molecule is CCCCCC/C=C\CCCCCCCCCC(=O)OC(COC(=O)CCCCCCCCCCCCCCCCC)COP(=O)(O)OC1C(OC2OC(CO)C(O)C(O)C2O)C(O)C(O)C(OC(=O)CCCCCCCCCCCCCCCCC)C1OC1OC(COC(=O)CCCCCCCCCCCCCCCCC)C(O)C(O)C1O. The Morgan fingerprint density at radius 1 is 0.328 bits per heavy atom. The number of phosphoric ester groups is 1. The summed E-state index contributed by atoms with van der Waals surface area (Å²) in [5.41, 5.74) is 0. The molecule has 3 fully saturated rings. The minimum absolute atomic E-state index is 0.0190. The number of hydrogen-bond donors (Lipinski definition) is 10. The first-order valence-corrected chi connectivity index (χ1v) is 49.9. The highest BCUT2D eigenvalue weighted by Crippen LogP contribution is 2.49. The number of unbranched alkanes of at least 4 members (excludes halogenated alkanes) is 53. The van der Waals surface area contributed by atoms with Crippen molar-refractivity contribution >= 4 is 31.7 Å². The standard InChI is InChI=1S/C93H173O25P/c1-5-9-13-17-21-25-29-33-37-41-45-49-53-57-61-65-76(95)109-70-73(112-78(97)67-63-59-55-51-47-43-39-35-31-27-23-19-15-11-7-3)71-111-119(107,108)118-91-89(116-92-86(105)82(101)80(99)74(69-94)113-92)85(104)84(103)88(115-79(98)68-64-60-56-52-48-44-40-36-32-28-24-20-16-12-8-4)90(91)117-93-87(106)83(102)81(100)75(114-93)72-110-77(96)66-62-58-54-50-46-42-38-34-30-26-22-18-14-10-6-2/h27,31,73-75,80-94,99-106H,5-26,28-30,32-72H2,1-4H3,(H,107,108)/b31-27-. The average Bonchev–Trinajstić information content (AvgIpc) is 0.756. The van der Waals surface area contributed by atoms with Crippen LogP contribution in [0.4, 0.5) is 0 Å². The normalized spacial score (nSPS) is 24.8. The van der Waals surface area contributed by atoms with E-state index in [4.69, 9.17) is 46.9 Å². The van der Waals surface area contributed by atoms with Gasteiger partial charge in [0.25, 0.3) is 0 Å². The van der Waals surface area contributed by atoms with E-state index in [9.17, 15) is 74.6 Å². The number of ether oxygens (including phenoxy) is 8. The molecule has 18 atom stereocenters. The van der Waals surface area contributed by atoms with Gasteiger partial charge in [-0.25, -0.2) is 4.57 Å². The Balaban J connectivity index is 1.90. The van der Waals surface area contributed by atoms with E-state index in [1.165, 1.54) is 193 Å². The maximum atomic E-state index is 14.9. The van der Waals surface area contributed by atoms with Crippen molar-refractivity contribution in [3.05, 3.63) is 12.2 Å². The lowest BCUT2D eigenvalue weighted by molar-refractivity contribution is -0.360. The zero-order chi connectivity index (χ0) is 86.8. The maximum Gasteiger partial charge on any atom is 0.472 e. The molecule has 3 aliphatic rings. The zero-order valence-corrected chi connectivity index (χ0v) is 75.6. The Morgan fingerprint density at radius 2 is 0.630 bits per heavy atom. The second kappa shape index (κ2) is 72.3. The van der Waals surface area contributed by atoms with Gasteiger partial charge in [-0.15, -0.1) is 0 Å². The summed E-state index contributed by atoms with van der Waals surface area (Å²) in [5.74, 6) is -2.95. The van der Waals surface area contributed by atoms with E-state index >= 15 is 0 Å². The zero-order valence-electron chi connectivity index (χ0n) is 74.7. The van der Waals surface area contributed by atoms with E-state index in [2.05, 4.69) is 39.8 Å². The Hall–Kier alpha value is -2.79. The molecule has 25 nitrogen and oxygen atoms in total. The number of rotatable bonds is 79. The average molecular weight is 1720 g/mol. The molecule has 26 heteroatoms. The van der Waals surface area contributed by atoms with Crippen molar-refractivity contribution in [3.8, 4) is 0 Å². The molecule has 3 rings (SSSR count). The highest BCUT2D eigenvalue weighted by Gasteiger charge is 2.60. The second-order valence-electron chi connectivity index (χ2n) is 34.6. The van der Waals surface area contributed by atoms with Gasteiger partial charge in [0, 0.05) is 25.7 Å². The Labute approximate surface area is 718 Å². The Morgan fingerprint density at radius 3 is 1.01 bits per heavy atom. The molecule has 0 aromatic carbocycles. The van der Waals surface area contributed by atoms with E-state index in [-0.39, 0.29) is 25.7 Å². The third-order valence-corrected chi connectivity index (χ3v) is 24.8. The van der Waals surface area contributed by atoms with E-state index in [1.54, 1.807) is 0 Å². The van der Waals surface area contributed by atoms with Crippen LogP contribution in [-0.2, 0) is 70.7 Å². The molecular weight excluding hydrogens is 1550 g/mol. The summed E-state index contributed by atoms with van der Waals surface area (Å²) in [4.78, 5) is 66.5. The Bertz CT molecular complexity index is 2520. The predicted octanol–water partition coefficient (Wildman–Crippen LogP) is 18.3. The van der Waals surface area contributed by atoms with Crippen LogP contribution in [0, 0.1) is 0 Å². The molecule has 119 heavy (non-hydrogen) atoms. The molecule has 0 aromatic rings. The van der Waals surface area contributed by atoms with Crippen LogP contribution < -0.4 is 0 Å². The maximum absolute atomic E-state index is 14.9. The third kappa shape index (κ3) is 52.2. The molecule has 18 unspecified atom stereocenters. The van der Waals surface area contributed by atoms with E-state index < -0.39 is 162 Å². The van der Waals surface area contributed by atoms with Gasteiger partial charge in [0.2, 0.25) is 0 Å². The highest BCUT2D eigenvalue weighted by atomic mass is 31.2. The van der Waals surface area contributed by atoms with Crippen LogP contribution in [-0.4, -0.2) is 205 Å². The second-order valence-corrected chi connectivity index (χ2v) is 36.0.